The first-order valence-corrected chi connectivity index (χ1v) is 6.72. The van der Waals surface area contributed by atoms with Crippen LogP contribution < -0.4 is 10.2 Å². The first-order valence-electron chi connectivity index (χ1n) is 5.96. The Bertz CT molecular complexity index is 602. The highest BCUT2D eigenvalue weighted by Crippen LogP contribution is 2.31. The standard InChI is InChI=1S/C13H15Cl2FN4/c1-19(2)13-18-7-9(20(13)3)6-17-12-10(14)4-8(16)5-11(12)15/h4-5,7,17H,6H2,1-3H3. The summed E-state index contributed by atoms with van der Waals surface area (Å²) in [6, 6.07) is 2.45. The molecule has 1 N–H and O–H groups in total. The van der Waals surface area contributed by atoms with Gasteiger partial charge in [0.15, 0.2) is 0 Å². The van der Waals surface area contributed by atoms with Crippen molar-refractivity contribution in [2.45, 2.75) is 6.54 Å². The largest absolute Gasteiger partial charge is 0.377 e. The summed E-state index contributed by atoms with van der Waals surface area (Å²) < 4.78 is 15.1. The first-order chi connectivity index (χ1) is 9.40. The van der Waals surface area contributed by atoms with Crippen LogP contribution in [0.25, 0.3) is 0 Å². The van der Waals surface area contributed by atoms with Crippen molar-refractivity contribution >= 4 is 34.8 Å². The van der Waals surface area contributed by atoms with Gasteiger partial charge >= 0.3 is 0 Å². The lowest BCUT2D eigenvalue weighted by atomic mass is 10.3. The van der Waals surface area contributed by atoms with E-state index >= 15 is 0 Å². The van der Waals surface area contributed by atoms with Crippen LogP contribution in [-0.4, -0.2) is 23.6 Å². The predicted octanol–water partition coefficient (Wildman–Crippen LogP) is 3.54. The zero-order valence-electron chi connectivity index (χ0n) is 11.4. The minimum Gasteiger partial charge on any atom is -0.377 e. The fraction of sp³-hybridized carbons (Fsp3) is 0.308. The normalized spacial score (nSPS) is 10.7. The van der Waals surface area contributed by atoms with E-state index in [4.69, 9.17) is 23.2 Å². The van der Waals surface area contributed by atoms with Gasteiger partial charge in [0.1, 0.15) is 5.82 Å². The van der Waals surface area contributed by atoms with Crippen molar-refractivity contribution in [3.8, 4) is 0 Å². The number of hydrogen-bond acceptors (Lipinski definition) is 3. The molecule has 2 rings (SSSR count). The van der Waals surface area contributed by atoms with Crippen LogP contribution >= 0.6 is 23.2 Å². The van der Waals surface area contributed by atoms with E-state index in [1.807, 2.05) is 30.6 Å². The number of anilines is 2. The highest BCUT2D eigenvalue weighted by molar-refractivity contribution is 6.39. The number of imidazole rings is 1. The van der Waals surface area contributed by atoms with E-state index in [1.54, 1.807) is 6.20 Å². The Labute approximate surface area is 127 Å². The molecule has 0 aliphatic heterocycles. The van der Waals surface area contributed by atoms with Crippen molar-refractivity contribution < 1.29 is 4.39 Å². The summed E-state index contributed by atoms with van der Waals surface area (Å²) in [7, 11) is 5.77. The van der Waals surface area contributed by atoms with Gasteiger partial charge < -0.3 is 14.8 Å². The summed E-state index contributed by atoms with van der Waals surface area (Å²) in [5.41, 5.74) is 1.48. The van der Waals surface area contributed by atoms with Crippen molar-refractivity contribution in [1.29, 1.82) is 0 Å². The van der Waals surface area contributed by atoms with Crippen LogP contribution in [-0.2, 0) is 13.6 Å². The molecule has 108 valence electrons. The monoisotopic (exact) mass is 316 g/mol. The van der Waals surface area contributed by atoms with Crippen LogP contribution in [0.15, 0.2) is 18.3 Å². The zero-order valence-corrected chi connectivity index (χ0v) is 12.9. The molecule has 20 heavy (non-hydrogen) atoms. The molecular formula is C13H15Cl2FN4. The maximum atomic E-state index is 13.1. The molecule has 0 unspecified atom stereocenters. The van der Waals surface area contributed by atoms with Gasteiger partial charge in [-0.25, -0.2) is 9.37 Å². The van der Waals surface area contributed by atoms with Crippen LogP contribution in [0, 0.1) is 5.82 Å². The van der Waals surface area contributed by atoms with Crippen LogP contribution in [0.1, 0.15) is 5.69 Å². The van der Waals surface area contributed by atoms with Gasteiger partial charge in [0, 0.05) is 21.1 Å². The van der Waals surface area contributed by atoms with E-state index in [0.29, 0.717) is 12.2 Å². The second-order valence-corrected chi connectivity index (χ2v) is 5.42. The molecule has 1 heterocycles. The van der Waals surface area contributed by atoms with E-state index in [2.05, 4.69) is 10.3 Å². The van der Waals surface area contributed by atoms with E-state index in [1.165, 1.54) is 12.1 Å². The molecule has 0 saturated carbocycles. The van der Waals surface area contributed by atoms with Crippen molar-refractivity contribution in [1.82, 2.24) is 9.55 Å². The van der Waals surface area contributed by atoms with E-state index in [9.17, 15) is 4.39 Å². The molecule has 0 aliphatic carbocycles. The van der Waals surface area contributed by atoms with E-state index < -0.39 is 5.82 Å². The number of nitrogens with zero attached hydrogens (tertiary/aromatic N) is 3. The Balaban J connectivity index is 2.17. The van der Waals surface area contributed by atoms with Crippen molar-refractivity contribution in [2.24, 2.45) is 7.05 Å². The van der Waals surface area contributed by atoms with Crippen molar-refractivity contribution in [2.75, 3.05) is 24.3 Å². The lowest BCUT2D eigenvalue weighted by molar-refractivity contribution is 0.628. The Morgan fingerprint density at radius 1 is 1.30 bits per heavy atom. The van der Waals surface area contributed by atoms with Gasteiger partial charge in [-0.3, -0.25) is 0 Å². The fourth-order valence-electron chi connectivity index (χ4n) is 1.90. The number of benzene rings is 1. The summed E-state index contributed by atoms with van der Waals surface area (Å²) in [6.07, 6.45) is 1.77. The quantitative estimate of drug-likeness (QED) is 0.936. The Hall–Kier alpha value is -1.46. The molecule has 0 atom stereocenters. The minimum absolute atomic E-state index is 0.255. The van der Waals surface area contributed by atoms with Crippen LogP contribution in [0.2, 0.25) is 10.0 Å². The lowest BCUT2D eigenvalue weighted by Gasteiger charge is -2.14. The summed E-state index contributed by atoms with van der Waals surface area (Å²) in [5, 5.41) is 3.62. The third kappa shape index (κ3) is 2.99. The number of hydrogen-bond donors (Lipinski definition) is 1. The summed E-state index contributed by atoms with van der Waals surface area (Å²) >= 11 is 12.0. The summed E-state index contributed by atoms with van der Waals surface area (Å²) in [5.74, 6) is 0.388. The zero-order chi connectivity index (χ0) is 14.9. The van der Waals surface area contributed by atoms with Gasteiger partial charge in [0.2, 0.25) is 5.95 Å². The number of aromatic nitrogens is 2. The highest BCUT2D eigenvalue weighted by atomic mass is 35.5. The highest BCUT2D eigenvalue weighted by Gasteiger charge is 2.11. The second kappa shape index (κ2) is 5.89. The third-order valence-corrected chi connectivity index (χ3v) is 3.51. The molecule has 7 heteroatoms. The third-order valence-electron chi connectivity index (χ3n) is 2.91. The van der Waals surface area contributed by atoms with Gasteiger partial charge in [-0.05, 0) is 12.1 Å². The Kier molecular flexibility index (Phi) is 4.40. The van der Waals surface area contributed by atoms with Gasteiger partial charge in [-0.15, -0.1) is 0 Å². The Morgan fingerprint density at radius 2 is 1.90 bits per heavy atom. The van der Waals surface area contributed by atoms with Gasteiger partial charge in [-0.2, -0.15) is 0 Å². The lowest BCUT2D eigenvalue weighted by Crippen LogP contribution is -2.15. The van der Waals surface area contributed by atoms with Crippen LogP contribution in [0.4, 0.5) is 16.0 Å². The SMILES string of the molecule is CN(C)c1ncc(CNc2c(Cl)cc(F)cc2Cl)n1C. The summed E-state index contributed by atoms with van der Waals surface area (Å²) in [6.45, 7) is 0.489. The smallest absolute Gasteiger partial charge is 0.204 e. The van der Waals surface area contributed by atoms with Gasteiger partial charge in [0.05, 0.1) is 34.2 Å². The molecule has 0 aliphatic rings. The van der Waals surface area contributed by atoms with Crippen LogP contribution in [0.3, 0.4) is 0 Å². The van der Waals surface area contributed by atoms with E-state index in [-0.39, 0.29) is 10.0 Å². The molecule has 0 amide bonds. The molecule has 1 aromatic heterocycles. The van der Waals surface area contributed by atoms with Crippen molar-refractivity contribution in [3.63, 3.8) is 0 Å². The molecule has 0 fully saturated rings. The molecule has 1 aromatic carbocycles. The minimum atomic E-state index is -0.457. The van der Waals surface area contributed by atoms with E-state index in [0.717, 1.165) is 11.6 Å². The topological polar surface area (TPSA) is 33.1 Å². The fourth-order valence-corrected chi connectivity index (χ4v) is 2.50. The van der Waals surface area contributed by atoms with Gasteiger partial charge in [-0.1, -0.05) is 23.2 Å². The number of halogens is 3. The molecule has 0 spiro atoms. The molecule has 4 nitrogen and oxygen atoms in total. The summed E-state index contributed by atoms with van der Waals surface area (Å²) in [4.78, 5) is 6.23. The molecule has 2 aromatic rings. The number of nitrogens with one attached hydrogen (secondary N) is 1. The molecule has 0 radical (unpaired) electrons. The number of rotatable bonds is 4. The molecule has 0 saturated heterocycles. The maximum absolute atomic E-state index is 13.1. The van der Waals surface area contributed by atoms with Crippen molar-refractivity contribution in [3.05, 3.63) is 39.9 Å². The van der Waals surface area contributed by atoms with Gasteiger partial charge in [0.25, 0.3) is 0 Å². The van der Waals surface area contributed by atoms with Crippen LogP contribution in [0.5, 0.6) is 0 Å². The second-order valence-electron chi connectivity index (χ2n) is 4.60. The molecule has 0 bridgehead atoms. The average Bonchev–Trinajstić information content (AvgIpc) is 2.69. The average molecular weight is 317 g/mol. The first kappa shape index (κ1) is 14.9. The maximum Gasteiger partial charge on any atom is 0.204 e. The molecular weight excluding hydrogens is 302 g/mol. The predicted molar refractivity (Wildman–Crippen MR) is 81.3 cm³/mol. The Morgan fingerprint density at radius 3 is 2.40 bits per heavy atom.